The topological polar surface area (TPSA) is 39.2 Å². The summed E-state index contributed by atoms with van der Waals surface area (Å²) in [6.07, 6.45) is 2.11. The van der Waals surface area contributed by atoms with Gasteiger partial charge in [0, 0.05) is 6.20 Å². The molecule has 0 radical (unpaired) electrons. The quantitative estimate of drug-likeness (QED) is 0.786. The van der Waals surface area contributed by atoms with Crippen LogP contribution in [0.15, 0.2) is 48.7 Å². The lowest BCUT2D eigenvalue weighted by atomic mass is 10.0. The maximum absolute atomic E-state index is 13.1. The second-order valence-electron chi connectivity index (χ2n) is 4.66. The first-order chi connectivity index (χ1) is 9.65. The van der Waals surface area contributed by atoms with E-state index in [9.17, 15) is 9.18 Å². The maximum Gasteiger partial charge on any atom is 0.309 e. The molecule has 1 heterocycles. The zero-order valence-corrected chi connectivity index (χ0v) is 11.3. The number of ether oxygens (including phenoxy) is 1. The molecular formula is C16H16FNO2. The number of benzene rings is 1. The van der Waals surface area contributed by atoms with Gasteiger partial charge in [-0.1, -0.05) is 25.1 Å². The van der Waals surface area contributed by atoms with Crippen molar-refractivity contribution in [3.8, 4) is 0 Å². The Morgan fingerprint density at radius 3 is 2.85 bits per heavy atom. The van der Waals surface area contributed by atoms with Crippen LogP contribution in [0.3, 0.4) is 0 Å². The largest absolute Gasteiger partial charge is 0.459 e. The predicted molar refractivity (Wildman–Crippen MR) is 73.3 cm³/mol. The van der Waals surface area contributed by atoms with Crippen molar-refractivity contribution in [2.24, 2.45) is 5.92 Å². The minimum Gasteiger partial charge on any atom is -0.459 e. The number of halogens is 1. The Morgan fingerprint density at radius 2 is 2.15 bits per heavy atom. The third-order valence-corrected chi connectivity index (χ3v) is 2.92. The molecule has 1 aromatic heterocycles. The SMILES string of the molecule is CC(Cc1cccc(F)c1)C(=O)OCc1ccccn1. The van der Waals surface area contributed by atoms with Gasteiger partial charge >= 0.3 is 5.97 Å². The fourth-order valence-corrected chi connectivity index (χ4v) is 1.87. The Labute approximate surface area is 117 Å². The summed E-state index contributed by atoms with van der Waals surface area (Å²) in [4.78, 5) is 15.9. The highest BCUT2D eigenvalue weighted by Crippen LogP contribution is 2.12. The summed E-state index contributed by atoms with van der Waals surface area (Å²) in [6.45, 7) is 1.93. The number of hydrogen-bond acceptors (Lipinski definition) is 3. The van der Waals surface area contributed by atoms with Gasteiger partial charge in [0.05, 0.1) is 11.6 Å². The van der Waals surface area contributed by atoms with Crippen LogP contribution in [-0.4, -0.2) is 11.0 Å². The number of esters is 1. The zero-order valence-electron chi connectivity index (χ0n) is 11.3. The van der Waals surface area contributed by atoms with Gasteiger partial charge in [-0.05, 0) is 36.2 Å². The van der Waals surface area contributed by atoms with Crippen LogP contribution in [0.1, 0.15) is 18.2 Å². The lowest BCUT2D eigenvalue weighted by molar-refractivity contribution is -0.149. The number of carbonyl (C=O) groups excluding carboxylic acids is 1. The molecule has 4 heteroatoms. The molecule has 0 N–H and O–H groups in total. The average Bonchev–Trinajstić information content (AvgIpc) is 2.46. The van der Waals surface area contributed by atoms with Crippen LogP contribution in [0.4, 0.5) is 4.39 Å². The molecule has 0 bridgehead atoms. The second-order valence-corrected chi connectivity index (χ2v) is 4.66. The molecule has 1 aromatic carbocycles. The van der Waals surface area contributed by atoms with E-state index in [2.05, 4.69) is 4.98 Å². The summed E-state index contributed by atoms with van der Waals surface area (Å²) in [7, 11) is 0. The van der Waals surface area contributed by atoms with Crippen molar-refractivity contribution >= 4 is 5.97 Å². The van der Waals surface area contributed by atoms with Crippen LogP contribution in [-0.2, 0) is 22.6 Å². The first-order valence-electron chi connectivity index (χ1n) is 6.46. The van der Waals surface area contributed by atoms with Crippen molar-refractivity contribution in [3.63, 3.8) is 0 Å². The van der Waals surface area contributed by atoms with Crippen LogP contribution in [0, 0.1) is 11.7 Å². The van der Waals surface area contributed by atoms with E-state index >= 15 is 0 Å². The molecule has 0 aliphatic heterocycles. The lowest BCUT2D eigenvalue weighted by Gasteiger charge is -2.11. The van der Waals surface area contributed by atoms with Crippen LogP contribution in [0.5, 0.6) is 0 Å². The highest BCUT2D eigenvalue weighted by molar-refractivity contribution is 5.72. The molecule has 20 heavy (non-hydrogen) atoms. The molecule has 1 atom stereocenters. The fourth-order valence-electron chi connectivity index (χ4n) is 1.87. The highest BCUT2D eigenvalue weighted by Gasteiger charge is 2.15. The smallest absolute Gasteiger partial charge is 0.309 e. The molecular weight excluding hydrogens is 257 g/mol. The van der Waals surface area contributed by atoms with Gasteiger partial charge in [-0.25, -0.2) is 4.39 Å². The van der Waals surface area contributed by atoms with Gasteiger partial charge in [0.25, 0.3) is 0 Å². The summed E-state index contributed by atoms with van der Waals surface area (Å²) in [5.41, 5.74) is 1.49. The van der Waals surface area contributed by atoms with Crippen molar-refractivity contribution in [3.05, 3.63) is 65.7 Å². The highest BCUT2D eigenvalue weighted by atomic mass is 19.1. The van der Waals surface area contributed by atoms with Crippen LogP contribution >= 0.6 is 0 Å². The van der Waals surface area contributed by atoms with E-state index in [0.717, 1.165) is 5.56 Å². The first kappa shape index (κ1) is 14.2. The van der Waals surface area contributed by atoms with Gasteiger partial charge in [-0.3, -0.25) is 9.78 Å². The number of aromatic nitrogens is 1. The molecule has 0 saturated heterocycles. The molecule has 0 fully saturated rings. The van der Waals surface area contributed by atoms with Crippen molar-refractivity contribution in [1.82, 2.24) is 4.98 Å². The third-order valence-electron chi connectivity index (χ3n) is 2.92. The van der Waals surface area contributed by atoms with E-state index in [1.807, 2.05) is 6.07 Å². The minimum absolute atomic E-state index is 0.160. The van der Waals surface area contributed by atoms with E-state index in [1.54, 1.807) is 37.4 Å². The van der Waals surface area contributed by atoms with Gasteiger partial charge in [0.2, 0.25) is 0 Å². The number of nitrogens with zero attached hydrogens (tertiary/aromatic N) is 1. The fraction of sp³-hybridized carbons (Fsp3) is 0.250. The van der Waals surface area contributed by atoms with Crippen LogP contribution < -0.4 is 0 Å². The van der Waals surface area contributed by atoms with E-state index in [0.29, 0.717) is 12.1 Å². The molecule has 2 aromatic rings. The van der Waals surface area contributed by atoms with Gasteiger partial charge in [0.15, 0.2) is 0 Å². The van der Waals surface area contributed by atoms with Crippen molar-refractivity contribution < 1.29 is 13.9 Å². The van der Waals surface area contributed by atoms with E-state index in [-0.39, 0.29) is 24.3 Å². The molecule has 0 amide bonds. The summed E-state index contributed by atoms with van der Waals surface area (Å²) < 4.78 is 18.3. The first-order valence-corrected chi connectivity index (χ1v) is 6.46. The summed E-state index contributed by atoms with van der Waals surface area (Å²) in [6, 6.07) is 11.7. The average molecular weight is 273 g/mol. The molecule has 2 rings (SSSR count). The summed E-state index contributed by atoms with van der Waals surface area (Å²) >= 11 is 0. The molecule has 3 nitrogen and oxygen atoms in total. The summed E-state index contributed by atoms with van der Waals surface area (Å²) in [5, 5.41) is 0. The molecule has 0 saturated carbocycles. The van der Waals surface area contributed by atoms with Gasteiger partial charge in [-0.2, -0.15) is 0 Å². The number of pyridine rings is 1. The number of rotatable bonds is 5. The molecule has 0 spiro atoms. The van der Waals surface area contributed by atoms with E-state index in [4.69, 9.17) is 4.74 Å². The molecule has 0 aliphatic rings. The normalized spacial score (nSPS) is 11.9. The standard InChI is InChI=1S/C16H16FNO2/c1-12(9-13-5-4-6-14(17)10-13)16(19)20-11-15-7-2-3-8-18-15/h2-8,10,12H,9,11H2,1H3. The van der Waals surface area contributed by atoms with Crippen molar-refractivity contribution in [2.75, 3.05) is 0 Å². The molecule has 0 aliphatic carbocycles. The molecule has 104 valence electrons. The monoisotopic (exact) mass is 273 g/mol. The Bertz CT molecular complexity index is 572. The van der Waals surface area contributed by atoms with Gasteiger partial charge in [-0.15, -0.1) is 0 Å². The second kappa shape index (κ2) is 6.80. The van der Waals surface area contributed by atoms with Crippen molar-refractivity contribution in [2.45, 2.75) is 20.0 Å². The van der Waals surface area contributed by atoms with Crippen LogP contribution in [0.2, 0.25) is 0 Å². The Hall–Kier alpha value is -2.23. The van der Waals surface area contributed by atoms with Gasteiger partial charge < -0.3 is 4.74 Å². The number of hydrogen-bond donors (Lipinski definition) is 0. The minimum atomic E-state index is -0.319. The third kappa shape index (κ3) is 4.16. The van der Waals surface area contributed by atoms with Gasteiger partial charge in [0.1, 0.15) is 12.4 Å². The van der Waals surface area contributed by atoms with Crippen molar-refractivity contribution in [1.29, 1.82) is 0 Å². The Kier molecular flexibility index (Phi) is 4.82. The molecule has 1 unspecified atom stereocenters. The zero-order chi connectivity index (χ0) is 14.4. The number of carbonyl (C=O) groups is 1. The summed E-state index contributed by atoms with van der Waals surface area (Å²) in [5.74, 6) is -0.919. The van der Waals surface area contributed by atoms with Crippen LogP contribution in [0.25, 0.3) is 0 Å². The Morgan fingerprint density at radius 1 is 1.30 bits per heavy atom. The lowest BCUT2D eigenvalue weighted by Crippen LogP contribution is -2.17. The predicted octanol–water partition coefficient (Wildman–Crippen LogP) is 3.14. The van der Waals surface area contributed by atoms with E-state index < -0.39 is 0 Å². The van der Waals surface area contributed by atoms with E-state index in [1.165, 1.54) is 12.1 Å². The maximum atomic E-state index is 13.1. The Balaban J connectivity index is 1.86.